The van der Waals surface area contributed by atoms with E-state index in [0.717, 1.165) is 25.8 Å². The number of hydrogen-bond acceptors (Lipinski definition) is 7. The van der Waals surface area contributed by atoms with E-state index >= 15 is 0 Å². The molecule has 0 aromatic heterocycles. The van der Waals surface area contributed by atoms with Crippen LogP contribution >= 0.6 is 34.4 Å². The molecule has 0 aliphatic carbocycles. The second kappa shape index (κ2) is 11.9. The van der Waals surface area contributed by atoms with Crippen LogP contribution in [0.25, 0.3) is 6.08 Å². The van der Waals surface area contributed by atoms with Gasteiger partial charge in [-0.05, 0) is 70.6 Å². The van der Waals surface area contributed by atoms with Crippen LogP contribution in [-0.4, -0.2) is 66.3 Å². The number of benzene rings is 2. The van der Waals surface area contributed by atoms with Crippen molar-refractivity contribution in [3.8, 4) is 11.5 Å². The minimum Gasteiger partial charge on any atom is -0.490 e. The van der Waals surface area contributed by atoms with E-state index in [4.69, 9.17) is 14.2 Å². The van der Waals surface area contributed by atoms with Crippen LogP contribution in [0.2, 0.25) is 0 Å². The van der Waals surface area contributed by atoms with E-state index in [1.54, 1.807) is 17.0 Å². The van der Waals surface area contributed by atoms with Gasteiger partial charge in [0.25, 0.3) is 11.1 Å². The summed E-state index contributed by atoms with van der Waals surface area (Å²) in [6.07, 6.45) is 1.65. The van der Waals surface area contributed by atoms with Crippen LogP contribution in [0.4, 0.5) is 4.79 Å². The standard InChI is InChI=1S/C25H25IN2O6S/c1-2-33-20-13-18(12-19(26)23(20)34-16-17-6-4-3-5-7-17)14-21-24(30)28(25(31)35-21)15-22(29)27-8-10-32-11-9-27/h3-7,12-14H,2,8-11,15-16H2,1H3/b21-14-. The zero-order chi connectivity index (χ0) is 24.8. The fourth-order valence-corrected chi connectivity index (χ4v) is 5.26. The Labute approximate surface area is 221 Å². The summed E-state index contributed by atoms with van der Waals surface area (Å²) >= 11 is 3.00. The summed E-state index contributed by atoms with van der Waals surface area (Å²) < 4.78 is 17.9. The molecule has 10 heteroatoms. The number of amides is 3. The quantitative estimate of drug-likeness (QED) is 0.329. The molecular formula is C25H25IN2O6S. The van der Waals surface area contributed by atoms with E-state index in [0.29, 0.717) is 56.6 Å². The van der Waals surface area contributed by atoms with Crippen LogP contribution < -0.4 is 9.47 Å². The van der Waals surface area contributed by atoms with Crippen LogP contribution in [0.3, 0.4) is 0 Å². The highest BCUT2D eigenvalue weighted by Gasteiger charge is 2.37. The smallest absolute Gasteiger partial charge is 0.294 e. The Morgan fingerprint density at radius 2 is 1.89 bits per heavy atom. The molecule has 35 heavy (non-hydrogen) atoms. The number of carbonyl (C=O) groups is 3. The van der Waals surface area contributed by atoms with Gasteiger partial charge in [-0.1, -0.05) is 30.3 Å². The molecule has 2 aromatic carbocycles. The van der Waals surface area contributed by atoms with Gasteiger partial charge in [0.2, 0.25) is 5.91 Å². The molecule has 0 atom stereocenters. The van der Waals surface area contributed by atoms with Crippen molar-refractivity contribution >= 4 is 57.5 Å². The second-order valence-electron chi connectivity index (χ2n) is 7.80. The Balaban J connectivity index is 1.50. The second-order valence-corrected chi connectivity index (χ2v) is 9.95. The number of halogens is 1. The Morgan fingerprint density at radius 3 is 2.60 bits per heavy atom. The SMILES string of the molecule is CCOc1cc(/C=C2\SC(=O)N(CC(=O)N3CCOCC3)C2=O)cc(I)c1OCc1ccccc1. The van der Waals surface area contributed by atoms with Crippen LogP contribution in [0.15, 0.2) is 47.4 Å². The molecule has 2 heterocycles. The first kappa shape index (κ1) is 25.5. The highest BCUT2D eigenvalue weighted by Crippen LogP contribution is 2.38. The molecule has 0 spiro atoms. The van der Waals surface area contributed by atoms with Gasteiger partial charge < -0.3 is 19.1 Å². The first-order valence-electron chi connectivity index (χ1n) is 11.2. The van der Waals surface area contributed by atoms with Gasteiger partial charge in [0.15, 0.2) is 11.5 Å². The summed E-state index contributed by atoms with van der Waals surface area (Å²) in [5.41, 5.74) is 1.74. The zero-order valence-corrected chi connectivity index (χ0v) is 22.2. The summed E-state index contributed by atoms with van der Waals surface area (Å²) in [6, 6.07) is 13.5. The summed E-state index contributed by atoms with van der Waals surface area (Å²) in [5.74, 6) is 0.449. The number of ether oxygens (including phenoxy) is 3. The molecule has 184 valence electrons. The molecule has 2 aliphatic rings. The average Bonchev–Trinajstić information content (AvgIpc) is 3.12. The molecular weight excluding hydrogens is 583 g/mol. The van der Waals surface area contributed by atoms with Gasteiger partial charge in [-0.25, -0.2) is 0 Å². The number of hydrogen-bond donors (Lipinski definition) is 0. The third-order valence-corrected chi connectivity index (χ3v) is 7.09. The molecule has 2 saturated heterocycles. The minimum atomic E-state index is -0.473. The van der Waals surface area contributed by atoms with Crippen molar-refractivity contribution in [3.05, 3.63) is 62.1 Å². The largest absolute Gasteiger partial charge is 0.490 e. The molecule has 0 bridgehead atoms. The van der Waals surface area contributed by atoms with Crippen molar-refractivity contribution < 1.29 is 28.6 Å². The van der Waals surface area contributed by atoms with E-state index in [9.17, 15) is 14.4 Å². The van der Waals surface area contributed by atoms with Crippen molar-refractivity contribution in [2.75, 3.05) is 39.5 Å². The topological polar surface area (TPSA) is 85.4 Å². The lowest BCUT2D eigenvalue weighted by Crippen LogP contribution is -2.46. The molecule has 2 fully saturated rings. The highest BCUT2D eigenvalue weighted by atomic mass is 127. The average molecular weight is 608 g/mol. The van der Waals surface area contributed by atoms with Crippen molar-refractivity contribution in [2.45, 2.75) is 13.5 Å². The van der Waals surface area contributed by atoms with Gasteiger partial charge >= 0.3 is 0 Å². The molecule has 2 aromatic rings. The maximum absolute atomic E-state index is 12.9. The fraction of sp³-hybridized carbons (Fsp3) is 0.320. The normalized spacial score (nSPS) is 17.3. The number of nitrogens with zero attached hydrogens (tertiary/aromatic N) is 2. The fourth-order valence-electron chi connectivity index (χ4n) is 3.64. The van der Waals surface area contributed by atoms with Crippen LogP contribution in [0.1, 0.15) is 18.1 Å². The minimum absolute atomic E-state index is 0.259. The summed E-state index contributed by atoms with van der Waals surface area (Å²) in [6.45, 7) is 4.30. The first-order chi connectivity index (χ1) is 17.0. The number of rotatable bonds is 8. The third kappa shape index (κ3) is 6.36. The Morgan fingerprint density at radius 1 is 1.14 bits per heavy atom. The van der Waals surface area contributed by atoms with Crippen LogP contribution in [0, 0.1) is 3.57 Å². The monoisotopic (exact) mass is 608 g/mol. The Bertz CT molecular complexity index is 1130. The van der Waals surface area contributed by atoms with E-state index in [1.165, 1.54) is 0 Å². The van der Waals surface area contributed by atoms with Gasteiger partial charge in [-0.3, -0.25) is 19.3 Å². The van der Waals surface area contributed by atoms with Crippen molar-refractivity contribution in [1.29, 1.82) is 0 Å². The van der Waals surface area contributed by atoms with Gasteiger partial charge in [0, 0.05) is 13.1 Å². The van der Waals surface area contributed by atoms with E-state index < -0.39 is 11.1 Å². The number of carbonyl (C=O) groups excluding carboxylic acids is 3. The van der Waals surface area contributed by atoms with Gasteiger partial charge in [-0.15, -0.1) is 0 Å². The van der Waals surface area contributed by atoms with Crippen molar-refractivity contribution in [2.24, 2.45) is 0 Å². The van der Waals surface area contributed by atoms with E-state index in [-0.39, 0.29) is 17.4 Å². The lowest BCUT2D eigenvalue weighted by Gasteiger charge is -2.28. The summed E-state index contributed by atoms with van der Waals surface area (Å²) in [5, 5.41) is -0.453. The lowest BCUT2D eigenvalue weighted by atomic mass is 10.1. The van der Waals surface area contributed by atoms with Gasteiger partial charge in [-0.2, -0.15) is 0 Å². The van der Waals surface area contributed by atoms with Gasteiger partial charge in [0.1, 0.15) is 13.2 Å². The lowest BCUT2D eigenvalue weighted by molar-refractivity contribution is -0.139. The molecule has 8 nitrogen and oxygen atoms in total. The molecule has 0 saturated carbocycles. The molecule has 4 rings (SSSR count). The summed E-state index contributed by atoms with van der Waals surface area (Å²) in [4.78, 5) is 40.8. The number of thioether (sulfide) groups is 1. The Kier molecular flexibility index (Phi) is 8.69. The predicted molar refractivity (Wildman–Crippen MR) is 141 cm³/mol. The number of imide groups is 1. The van der Waals surface area contributed by atoms with Crippen LogP contribution in [0.5, 0.6) is 11.5 Å². The van der Waals surface area contributed by atoms with E-state index in [1.807, 2.05) is 43.3 Å². The molecule has 0 radical (unpaired) electrons. The third-order valence-electron chi connectivity index (χ3n) is 5.39. The van der Waals surface area contributed by atoms with Crippen LogP contribution in [-0.2, 0) is 20.9 Å². The highest BCUT2D eigenvalue weighted by molar-refractivity contribution is 14.1. The molecule has 2 aliphatic heterocycles. The zero-order valence-electron chi connectivity index (χ0n) is 19.2. The molecule has 0 unspecified atom stereocenters. The number of morpholine rings is 1. The predicted octanol–water partition coefficient (Wildman–Crippen LogP) is 4.16. The maximum atomic E-state index is 12.9. The van der Waals surface area contributed by atoms with E-state index in [2.05, 4.69) is 22.6 Å². The van der Waals surface area contributed by atoms with Crippen molar-refractivity contribution in [3.63, 3.8) is 0 Å². The first-order valence-corrected chi connectivity index (χ1v) is 13.1. The molecule has 0 N–H and O–H groups in total. The Hall–Kier alpha value is -2.57. The van der Waals surface area contributed by atoms with Crippen molar-refractivity contribution in [1.82, 2.24) is 9.80 Å². The van der Waals surface area contributed by atoms with Gasteiger partial charge in [0.05, 0.1) is 28.3 Å². The molecule has 3 amide bonds. The maximum Gasteiger partial charge on any atom is 0.294 e. The summed E-state index contributed by atoms with van der Waals surface area (Å²) in [7, 11) is 0.